The van der Waals surface area contributed by atoms with Gasteiger partial charge in [-0.15, -0.1) is 0 Å². The third-order valence-electron chi connectivity index (χ3n) is 6.95. The highest BCUT2D eigenvalue weighted by atomic mass is 16.2. The Morgan fingerprint density at radius 2 is 1.52 bits per heavy atom. The molecule has 0 spiro atoms. The fourth-order valence-electron chi connectivity index (χ4n) is 5.77. The SMILES string of the molecule is Cc1cc(C)cc(NC(=O)[C@@H](C)N2C(=O)[C@H]3[C@@H]4C=C[C@H]([C@H]5C[C@H]45)[C@@H]3C2=O)c1. The van der Waals surface area contributed by atoms with Crippen LogP contribution in [0.4, 0.5) is 5.69 Å². The molecule has 1 aromatic rings. The number of aryl methyl sites for hydroxylation is 2. The Balaban J connectivity index is 1.38. The molecular formula is C22H24N2O3. The maximum Gasteiger partial charge on any atom is 0.247 e. The van der Waals surface area contributed by atoms with Crippen LogP contribution in [0.1, 0.15) is 24.5 Å². The number of rotatable bonds is 3. The highest BCUT2D eigenvalue weighted by Gasteiger charge is 2.67. The van der Waals surface area contributed by atoms with Crippen LogP contribution in [0.3, 0.4) is 0 Å². The van der Waals surface area contributed by atoms with Crippen LogP contribution in [-0.2, 0) is 14.4 Å². The number of carbonyl (C=O) groups is 3. The number of benzene rings is 1. The fraction of sp³-hybridized carbons (Fsp3) is 0.500. The molecule has 2 bridgehead atoms. The van der Waals surface area contributed by atoms with Crippen molar-refractivity contribution in [2.75, 3.05) is 5.32 Å². The van der Waals surface area contributed by atoms with E-state index in [0.717, 1.165) is 17.5 Å². The van der Waals surface area contributed by atoms with Gasteiger partial charge in [0.05, 0.1) is 11.8 Å². The van der Waals surface area contributed by atoms with Crippen molar-refractivity contribution in [2.24, 2.45) is 35.5 Å². The van der Waals surface area contributed by atoms with Crippen molar-refractivity contribution >= 4 is 23.4 Å². The number of hydrogen-bond donors (Lipinski definition) is 1. The summed E-state index contributed by atoms with van der Waals surface area (Å²) in [7, 11) is 0. The van der Waals surface area contributed by atoms with Gasteiger partial charge in [-0.1, -0.05) is 18.2 Å². The number of amides is 3. The lowest BCUT2D eigenvalue weighted by atomic mass is 9.63. The monoisotopic (exact) mass is 364 g/mol. The Labute approximate surface area is 158 Å². The topological polar surface area (TPSA) is 66.5 Å². The molecule has 1 saturated heterocycles. The van der Waals surface area contributed by atoms with Crippen LogP contribution in [0, 0.1) is 49.4 Å². The third kappa shape index (κ3) is 2.33. The summed E-state index contributed by atoms with van der Waals surface area (Å²) in [4.78, 5) is 40.2. The standard InChI is InChI=1S/C22H24N2O3/c1-10-6-11(2)8-13(7-10)23-20(25)12(3)24-21(26)18-14-4-5-15(17-9-16(14)17)19(18)22(24)27/h4-8,12,14-19H,9H2,1-3H3,(H,23,25)/t12-,14-,15-,16-,17-,18+,19+/m1/s1. The van der Waals surface area contributed by atoms with Crippen LogP contribution >= 0.6 is 0 Å². The van der Waals surface area contributed by atoms with E-state index in [1.807, 2.05) is 32.0 Å². The highest BCUT2D eigenvalue weighted by Crippen LogP contribution is 2.65. The van der Waals surface area contributed by atoms with Crippen LogP contribution in [-0.4, -0.2) is 28.7 Å². The largest absolute Gasteiger partial charge is 0.324 e. The van der Waals surface area contributed by atoms with E-state index in [4.69, 9.17) is 0 Å². The Bertz CT molecular complexity index is 849. The summed E-state index contributed by atoms with van der Waals surface area (Å²) in [5.74, 6) is 0.360. The minimum absolute atomic E-state index is 0.155. The highest BCUT2D eigenvalue weighted by molar-refractivity contribution is 6.10. The molecule has 5 heteroatoms. The minimum Gasteiger partial charge on any atom is -0.324 e. The summed E-state index contributed by atoms with van der Waals surface area (Å²) >= 11 is 0. The van der Waals surface area contributed by atoms with Crippen molar-refractivity contribution in [1.82, 2.24) is 4.90 Å². The molecule has 27 heavy (non-hydrogen) atoms. The molecule has 3 amide bonds. The first kappa shape index (κ1) is 16.7. The van der Waals surface area contributed by atoms with E-state index in [0.29, 0.717) is 17.5 Å². The Hall–Kier alpha value is -2.43. The van der Waals surface area contributed by atoms with Crippen molar-refractivity contribution in [1.29, 1.82) is 0 Å². The first-order chi connectivity index (χ1) is 12.9. The van der Waals surface area contributed by atoms with E-state index in [1.54, 1.807) is 6.92 Å². The van der Waals surface area contributed by atoms with Crippen LogP contribution < -0.4 is 5.32 Å². The molecule has 4 aliphatic carbocycles. The molecule has 5 aliphatic rings. The second-order valence-electron chi connectivity index (χ2n) is 8.74. The second kappa shape index (κ2) is 5.54. The third-order valence-corrected chi connectivity index (χ3v) is 6.95. The number of carbonyl (C=O) groups excluding carboxylic acids is 3. The Morgan fingerprint density at radius 1 is 1.00 bits per heavy atom. The van der Waals surface area contributed by atoms with Gasteiger partial charge in [0.15, 0.2) is 0 Å². The number of imide groups is 1. The van der Waals surface area contributed by atoms with Gasteiger partial charge in [-0.05, 0) is 74.1 Å². The number of anilines is 1. The molecule has 1 aliphatic heterocycles. The van der Waals surface area contributed by atoms with Gasteiger partial charge in [-0.3, -0.25) is 19.3 Å². The molecule has 1 aromatic carbocycles. The zero-order valence-electron chi connectivity index (χ0n) is 15.8. The van der Waals surface area contributed by atoms with Crippen molar-refractivity contribution < 1.29 is 14.4 Å². The molecule has 0 radical (unpaired) electrons. The predicted octanol–water partition coefficient (Wildman–Crippen LogP) is 2.68. The van der Waals surface area contributed by atoms with Gasteiger partial charge in [0, 0.05) is 5.69 Å². The molecule has 6 rings (SSSR count). The van der Waals surface area contributed by atoms with Crippen molar-refractivity contribution in [2.45, 2.75) is 33.2 Å². The molecule has 0 unspecified atom stereocenters. The Morgan fingerprint density at radius 3 is 2.04 bits per heavy atom. The van der Waals surface area contributed by atoms with Crippen LogP contribution in [0.5, 0.6) is 0 Å². The second-order valence-corrected chi connectivity index (χ2v) is 8.74. The summed E-state index contributed by atoms with van der Waals surface area (Å²) < 4.78 is 0. The lowest BCUT2D eigenvalue weighted by Crippen LogP contribution is -2.46. The van der Waals surface area contributed by atoms with Gasteiger partial charge in [0.1, 0.15) is 6.04 Å². The van der Waals surface area contributed by atoms with Gasteiger partial charge in [-0.2, -0.15) is 0 Å². The minimum atomic E-state index is -0.799. The summed E-state index contributed by atoms with van der Waals surface area (Å²) in [5, 5.41) is 2.88. The van der Waals surface area contributed by atoms with Crippen LogP contribution in [0.15, 0.2) is 30.4 Å². The van der Waals surface area contributed by atoms with Gasteiger partial charge in [0.2, 0.25) is 17.7 Å². The number of nitrogens with one attached hydrogen (secondary N) is 1. The van der Waals surface area contributed by atoms with E-state index in [-0.39, 0.29) is 41.4 Å². The summed E-state index contributed by atoms with van der Waals surface area (Å²) in [6.07, 6.45) is 5.43. The maximum atomic E-state index is 13.1. The predicted molar refractivity (Wildman–Crippen MR) is 101 cm³/mol. The Kier molecular flexibility index (Phi) is 3.43. The van der Waals surface area contributed by atoms with Gasteiger partial charge < -0.3 is 5.32 Å². The molecule has 2 saturated carbocycles. The van der Waals surface area contributed by atoms with Gasteiger partial charge >= 0.3 is 0 Å². The first-order valence-corrected chi connectivity index (χ1v) is 9.81. The van der Waals surface area contributed by atoms with Crippen molar-refractivity contribution in [3.63, 3.8) is 0 Å². The summed E-state index contributed by atoms with van der Waals surface area (Å²) in [6.45, 7) is 5.60. The average molecular weight is 364 g/mol. The molecule has 3 fully saturated rings. The summed E-state index contributed by atoms with van der Waals surface area (Å²) in [6, 6.07) is 5.02. The zero-order valence-corrected chi connectivity index (χ0v) is 15.8. The van der Waals surface area contributed by atoms with E-state index in [9.17, 15) is 14.4 Å². The molecular weight excluding hydrogens is 340 g/mol. The lowest BCUT2D eigenvalue weighted by Gasteiger charge is -2.37. The van der Waals surface area contributed by atoms with E-state index < -0.39 is 6.04 Å². The molecule has 1 heterocycles. The fourth-order valence-corrected chi connectivity index (χ4v) is 5.77. The summed E-state index contributed by atoms with van der Waals surface area (Å²) in [5.41, 5.74) is 2.81. The van der Waals surface area contributed by atoms with Crippen molar-refractivity contribution in [3.05, 3.63) is 41.5 Å². The average Bonchev–Trinajstić information content (AvgIpc) is 3.38. The van der Waals surface area contributed by atoms with Crippen molar-refractivity contribution in [3.8, 4) is 0 Å². The van der Waals surface area contributed by atoms with Crippen LogP contribution in [0.25, 0.3) is 0 Å². The first-order valence-electron chi connectivity index (χ1n) is 9.81. The lowest BCUT2D eigenvalue weighted by molar-refractivity contribution is -0.146. The van der Waals surface area contributed by atoms with E-state index in [1.165, 1.54) is 4.90 Å². The maximum absolute atomic E-state index is 13.1. The van der Waals surface area contributed by atoms with Gasteiger partial charge in [0.25, 0.3) is 0 Å². The molecule has 5 nitrogen and oxygen atoms in total. The van der Waals surface area contributed by atoms with E-state index >= 15 is 0 Å². The van der Waals surface area contributed by atoms with Gasteiger partial charge in [-0.25, -0.2) is 0 Å². The molecule has 1 N–H and O–H groups in total. The van der Waals surface area contributed by atoms with Crippen LogP contribution in [0.2, 0.25) is 0 Å². The number of hydrogen-bond acceptors (Lipinski definition) is 3. The number of nitrogens with zero attached hydrogens (tertiary/aromatic N) is 1. The number of allylic oxidation sites excluding steroid dienone is 2. The number of likely N-dealkylation sites (tertiary alicyclic amines) is 1. The molecule has 140 valence electrons. The quantitative estimate of drug-likeness (QED) is 0.662. The molecule has 7 atom stereocenters. The normalized spacial score (nSPS) is 36.5. The molecule has 0 aromatic heterocycles. The van der Waals surface area contributed by atoms with E-state index in [2.05, 4.69) is 17.5 Å². The zero-order chi connectivity index (χ0) is 19.0. The smallest absolute Gasteiger partial charge is 0.247 e.